The highest BCUT2D eigenvalue weighted by Crippen LogP contribution is 2.22. The summed E-state index contributed by atoms with van der Waals surface area (Å²) in [5, 5.41) is 5.85. The summed E-state index contributed by atoms with van der Waals surface area (Å²) in [5.74, 6) is 0.678. The number of ether oxygens (including phenoxy) is 1. The molecule has 1 aliphatic rings. The first-order chi connectivity index (χ1) is 14.0. The Kier molecular flexibility index (Phi) is 6.99. The first-order valence-corrected chi connectivity index (χ1v) is 9.90. The van der Waals surface area contributed by atoms with Crippen molar-refractivity contribution in [2.24, 2.45) is 11.8 Å². The van der Waals surface area contributed by atoms with E-state index in [1.807, 2.05) is 0 Å². The lowest BCUT2D eigenvalue weighted by Gasteiger charge is -2.32. The molecule has 2 heterocycles. The van der Waals surface area contributed by atoms with Crippen LogP contribution in [0.2, 0.25) is 0 Å². The number of anilines is 1. The number of hydrogen-bond acceptors (Lipinski definition) is 5. The molecule has 3 rings (SSSR count). The van der Waals surface area contributed by atoms with E-state index in [0.717, 1.165) is 12.8 Å². The summed E-state index contributed by atoms with van der Waals surface area (Å²) in [5.41, 5.74) is 0.678. The second-order valence-electron chi connectivity index (χ2n) is 7.51. The molecule has 0 saturated carbocycles. The Hall–Kier alpha value is -3.16. The van der Waals surface area contributed by atoms with E-state index in [9.17, 15) is 9.59 Å². The largest absolute Gasteiger partial charge is 0.424 e. The van der Waals surface area contributed by atoms with Crippen molar-refractivity contribution in [2.45, 2.75) is 26.7 Å². The minimum absolute atomic E-state index is 0.0774. The quantitative estimate of drug-likeness (QED) is 0.780. The third kappa shape index (κ3) is 6.17. The molecule has 29 heavy (non-hydrogen) atoms. The van der Waals surface area contributed by atoms with Gasteiger partial charge in [0.2, 0.25) is 5.91 Å². The van der Waals surface area contributed by atoms with Crippen molar-refractivity contribution < 1.29 is 14.3 Å². The number of carbonyl (C=O) groups excluding carboxylic acids is 2. The predicted molar refractivity (Wildman–Crippen MR) is 110 cm³/mol. The van der Waals surface area contributed by atoms with Crippen molar-refractivity contribution in [2.75, 3.05) is 25.0 Å². The summed E-state index contributed by atoms with van der Waals surface area (Å²) in [6, 6.07) is 8.92. The molecule has 0 spiro atoms. The summed E-state index contributed by atoms with van der Waals surface area (Å²) in [4.78, 5) is 34.7. The van der Waals surface area contributed by atoms with E-state index in [2.05, 4.69) is 34.4 Å². The predicted octanol–water partition coefficient (Wildman–Crippen LogP) is 3.29. The number of nitrogens with zero attached hydrogens (tertiary/aromatic N) is 3. The minimum atomic E-state index is -0.220. The number of rotatable bonds is 6. The highest BCUT2D eigenvalue weighted by atomic mass is 16.5. The molecule has 0 bridgehead atoms. The molecular formula is C21H27N5O3. The Labute approximate surface area is 170 Å². The molecule has 1 atom stereocenters. The molecule has 1 aromatic heterocycles. The van der Waals surface area contributed by atoms with Crippen molar-refractivity contribution in [1.82, 2.24) is 20.2 Å². The van der Waals surface area contributed by atoms with Crippen LogP contribution in [-0.2, 0) is 4.79 Å². The van der Waals surface area contributed by atoms with Gasteiger partial charge in [0.1, 0.15) is 5.75 Å². The van der Waals surface area contributed by atoms with Crippen LogP contribution in [0.15, 0.2) is 42.7 Å². The van der Waals surface area contributed by atoms with Crippen LogP contribution in [0.3, 0.4) is 0 Å². The van der Waals surface area contributed by atoms with Gasteiger partial charge in [0.05, 0.1) is 5.92 Å². The lowest BCUT2D eigenvalue weighted by Crippen LogP contribution is -2.48. The molecular weight excluding hydrogens is 370 g/mol. The Bertz CT molecular complexity index is 811. The smallest absolute Gasteiger partial charge is 0.321 e. The Balaban J connectivity index is 1.52. The average molecular weight is 397 g/mol. The number of aromatic nitrogens is 2. The van der Waals surface area contributed by atoms with Crippen LogP contribution in [0.4, 0.5) is 10.5 Å². The van der Waals surface area contributed by atoms with Crippen molar-refractivity contribution >= 4 is 17.6 Å². The summed E-state index contributed by atoms with van der Waals surface area (Å²) in [6.45, 7) is 5.85. The topological polar surface area (TPSA) is 96.5 Å². The van der Waals surface area contributed by atoms with Gasteiger partial charge >= 0.3 is 12.0 Å². The Morgan fingerprint density at radius 1 is 1.21 bits per heavy atom. The zero-order valence-corrected chi connectivity index (χ0v) is 16.8. The highest BCUT2D eigenvalue weighted by molar-refractivity contribution is 5.93. The lowest BCUT2D eigenvalue weighted by molar-refractivity contribution is -0.121. The highest BCUT2D eigenvalue weighted by Gasteiger charge is 2.28. The number of benzene rings is 1. The van der Waals surface area contributed by atoms with Gasteiger partial charge in [-0.1, -0.05) is 13.8 Å². The summed E-state index contributed by atoms with van der Waals surface area (Å²) in [6.07, 6.45) is 4.80. The molecule has 0 radical (unpaired) electrons. The minimum Gasteiger partial charge on any atom is -0.424 e. The zero-order valence-electron chi connectivity index (χ0n) is 16.8. The van der Waals surface area contributed by atoms with Crippen molar-refractivity contribution in [3.8, 4) is 11.8 Å². The second-order valence-corrected chi connectivity index (χ2v) is 7.51. The van der Waals surface area contributed by atoms with Crippen LogP contribution in [0.1, 0.15) is 26.7 Å². The molecule has 3 amide bonds. The van der Waals surface area contributed by atoms with Gasteiger partial charge in [-0.25, -0.2) is 14.8 Å². The van der Waals surface area contributed by atoms with Crippen molar-refractivity contribution in [3.05, 3.63) is 42.7 Å². The molecule has 154 valence electrons. The van der Waals surface area contributed by atoms with Crippen LogP contribution in [0.25, 0.3) is 0 Å². The second kappa shape index (κ2) is 9.86. The molecule has 1 aliphatic heterocycles. The monoisotopic (exact) mass is 397 g/mol. The maximum absolute atomic E-state index is 12.7. The van der Waals surface area contributed by atoms with E-state index in [0.29, 0.717) is 37.0 Å². The van der Waals surface area contributed by atoms with Crippen molar-refractivity contribution in [3.63, 3.8) is 0 Å². The van der Waals surface area contributed by atoms with Crippen LogP contribution in [-0.4, -0.2) is 46.4 Å². The molecule has 8 heteroatoms. The molecule has 1 fully saturated rings. The van der Waals surface area contributed by atoms with Crippen LogP contribution >= 0.6 is 0 Å². The van der Waals surface area contributed by atoms with Gasteiger partial charge in [0, 0.05) is 37.7 Å². The third-order valence-electron chi connectivity index (χ3n) is 4.61. The number of amides is 3. The Morgan fingerprint density at radius 2 is 1.93 bits per heavy atom. The number of piperidine rings is 1. The number of nitrogens with one attached hydrogen (secondary N) is 2. The van der Waals surface area contributed by atoms with Crippen LogP contribution < -0.4 is 15.4 Å². The fraction of sp³-hybridized carbons (Fsp3) is 0.429. The zero-order chi connectivity index (χ0) is 20.6. The third-order valence-corrected chi connectivity index (χ3v) is 4.61. The fourth-order valence-corrected chi connectivity index (χ4v) is 3.07. The first kappa shape index (κ1) is 20.6. The summed E-state index contributed by atoms with van der Waals surface area (Å²) < 4.78 is 5.55. The molecule has 0 aliphatic carbocycles. The van der Waals surface area contributed by atoms with Gasteiger partial charge in [-0.3, -0.25) is 4.79 Å². The van der Waals surface area contributed by atoms with Crippen molar-refractivity contribution in [1.29, 1.82) is 0 Å². The number of likely N-dealkylation sites (tertiary alicyclic amines) is 1. The van der Waals surface area contributed by atoms with E-state index >= 15 is 0 Å². The first-order valence-electron chi connectivity index (χ1n) is 9.90. The van der Waals surface area contributed by atoms with E-state index < -0.39 is 0 Å². The molecule has 2 N–H and O–H groups in total. The number of urea groups is 1. The van der Waals surface area contributed by atoms with E-state index in [-0.39, 0.29) is 23.9 Å². The Morgan fingerprint density at radius 3 is 2.62 bits per heavy atom. The van der Waals surface area contributed by atoms with Gasteiger partial charge < -0.3 is 20.3 Å². The van der Waals surface area contributed by atoms with E-state index in [4.69, 9.17) is 4.74 Å². The molecule has 1 aromatic carbocycles. The van der Waals surface area contributed by atoms with E-state index in [1.165, 1.54) is 0 Å². The SMILES string of the molecule is CC(C)CNC(=O)N1CCC[C@@H](C(=O)Nc2ccc(Oc3ncccn3)cc2)C1. The van der Waals surface area contributed by atoms with Crippen LogP contribution in [0.5, 0.6) is 11.8 Å². The lowest BCUT2D eigenvalue weighted by atomic mass is 9.97. The van der Waals surface area contributed by atoms with Gasteiger partial charge in [-0.15, -0.1) is 0 Å². The summed E-state index contributed by atoms with van der Waals surface area (Å²) >= 11 is 0. The normalized spacial score (nSPS) is 16.4. The maximum atomic E-state index is 12.7. The van der Waals surface area contributed by atoms with Crippen LogP contribution in [0, 0.1) is 11.8 Å². The van der Waals surface area contributed by atoms with E-state index in [1.54, 1.807) is 47.6 Å². The number of carbonyl (C=O) groups is 2. The molecule has 2 aromatic rings. The molecule has 0 unspecified atom stereocenters. The molecule has 1 saturated heterocycles. The standard InChI is InChI=1S/C21H27N5O3/c1-15(2)13-24-21(28)26-12-3-5-16(14-26)19(27)25-17-6-8-18(9-7-17)29-20-22-10-4-11-23-20/h4,6-11,15-16H,3,5,12-14H2,1-2H3,(H,24,28)(H,25,27)/t16-/m1/s1. The van der Waals surface area contributed by atoms with Gasteiger partial charge in [0.25, 0.3) is 0 Å². The number of hydrogen-bond donors (Lipinski definition) is 2. The van der Waals surface area contributed by atoms with Gasteiger partial charge in [0.15, 0.2) is 0 Å². The maximum Gasteiger partial charge on any atom is 0.321 e. The average Bonchev–Trinajstić information content (AvgIpc) is 2.74. The molecule has 8 nitrogen and oxygen atoms in total. The summed E-state index contributed by atoms with van der Waals surface area (Å²) in [7, 11) is 0. The fourth-order valence-electron chi connectivity index (χ4n) is 3.07. The van der Waals surface area contributed by atoms with Gasteiger partial charge in [-0.05, 0) is 49.1 Å². The van der Waals surface area contributed by atoms with Gasteiger partial charge in [-0.2, -0.15) is 0 Å².